The van der Waals surface area contributed by atoms with Crippen molar-refractivity contribution in [3.63, 3.8) is 0 Å². The molecule has 0 radical (unpaired) electrons. The SMILES string of the molecule is CCc1nc(CN2CCO[C@H](Cc3ccccc3Cl)C2)c(C)[nH]1. The Bertz CT molecular complexity index is 655. The lowest BCUT2D eigenvalue weighted by Crippen LogP contribution is -2.43. The number of hydrogen-bond acceptors (Lipinski definition) is 3. The number of hydrogen-bond donors (Lipinski definition) is 1. The van der Waals surface area contributed by atoms with Crippen LogP contribution in [-0.2, 0) is 24.1 Å². The van der Waals surface area contributed by atoms with E-state index in [9.17, 15) is 0 Å². The first-order chi connectivity index (χ1) is 11.2. The molecule has 1 saturated heterocycles. The van der Waals surface area contributed by atoms with Gasteiger partial charge in [-0.2, -0.15) is 0 Å². The van der Waals surface area contributed by atoms with Crippen LogP contribution in [0.25, 0.3) is 0 Å². The molecule has 2 heterocycles. The van der Waals surface area contributed by atoms with Crippen LogP contribution in [0.5, 0.6) is 0 Å². The standard InChI is InChI=1S/C18H24ClN3O/c1-3-18-20-13(2)17(21-18)12-22-8-9-23-15(11-22)10-14-6-4-5-7-16(14)19/h4-7,15H,3,8-12H2,1-2H3,(H,20,21)/t15-/m1/s1. The first-order valence-corrected chi connectivity index (χ1v) is 8.65. The monoisotopic (exact) mass is 333 g/mol. The molecule has 1 aromatic heterocycles. The number of imidazole rings is 1. The highest BCUT2D eigenvalue weighted by molar-refractivity contribution is 6.31. The normalized spacial score (nSPS) is 19.2. The molecule has 0 saturated carbocycles. The summed E-state index contributed by atoms with van der Waals surface area (Å²) < 4.78 is 5.93. The van der Waals surface area contributed by atoms with Gasteiger partial charge in [0.25, 0.3) is 0 Å². The molecule has 1 atom stereocenters. The van der Waals surface area contributed by atoms with Gasteiger partial charge in [-0.25, -0.2) is 4.98 Å². The van der Waals surface area contributed by atoms with Gasteiger partial charge in [-0.15, -0.1) is 0 Å². The third-order valence-corrected chi connectivity index (χ3v) is 4.74. The third-order valence-electron chi connectivity index (χ3n) is 4.37. The van der Waals surface area contributed by atoms with E-state index in [1.807, 2.05) is 18.2 Å². The highest BCUT2D eigenvalue weighted by atomic mass is 35.5. The zero-order valence-electron chi connectivity index (χ0n) is 13.8. The van der Waals surface area contributed by atoms with Crippen molar-refractivity contribution in [1.82, 2.24) is 14.9 Å². The van der Waals surface area contributed by atoms with Gasteiger partial charge in [0, 0.05) is 43.2 Å². The van der Waals surface area contributed by atoms with Crippen molar-refractivity contribution in [2.75, 3.05) is 19.7 Å². The van der Waals surface area contributed by atoms with Gasteiger partial charge in [-0.05, 0) is 18.6 Å². The van der Waals surface area contributed by atoms with Gasteiger partial charge >= 0.3 is 0 Å². The van der Waals surface area contributed by atoms with Crippen molar-refractivity contribution < 1.29 is 4.74 Å². The Hall–Kier alpha value is -1.36. The molecule has 1 aliphatic rings. The highest BCUT2D eigenvalue weighted by Gasteiger charge is 2.22. The van der Waals surface area contributed by atoms with E-state index in [4.69, 9.17) is 16.3 Å². The minimum atomic E-state index is 0.188. The van der Waals surface area contributed by atoms with Crippen LogP contribution in [0.2, 0.25) is 5.02 Å². The molecule has 3 rings (SSSR count). The largest absolute Gasteiger partial charge is 0.375 e. The number of ether oxygens (including phenoxy) is 1. The van der Waals surface area contributed by atoms with E-state index >= 15 is 0 Å². The summed E-state index contributed by atoms with van der Waals surface area (Å²) in [5.41, 5.74) is 3.49. The number of aromatic nitrogens is 2. The number of benzene rings is 1. The van der Waals surface area contributed by atoms with E-state index in [1.165, 1.54) is 5.69 Å². The predicted octanol–water partition coefficient (Wildman–Crippen LogP) is 3.38. The number of halogens is 1. The number of H-pyrrole nitrogens is 1. The summed E-state index contributed by atoms with van der Waals surface area (Å²) in [6.07, 6.45) is 1.99. The molecule has 2 aromatic rings. The van der Waals surface area contributed by atoms with E-state index in [2.05, 4.69) is 34.8 Å². The van der Waals surface area contributed by atoms with Crippen LogP contribution < -0.4 is 0 Å². The quantitative estimate of drug-likeness (QED) is 0.912. The van der Waals surface area contributed by atoms with Crippen LogP contribution in [0.15, 0.2) is 24.3 Å². The minimum Gasteiger partial charge on any atom is -0.375 e. The summed E-state index contributed by atoms with van der Waals surface area (Å²) >= 11 is 6.27. The average molecular weight is 334 g/mol. The Morgan fingerprint density at radius 1 is 1.39 bits per heavy atom. The van der Waals surface area contributed by atoms with Crippen LogP contribution >= 0.6 is 11.6 Å². The third kappa shape index (κ3) is 4.14. The molecule has 23 heavy (non-hydrogen) atoms. The van der Waals surface area contributed by atoms with Crippen LogP contribution in [0.1, 0.15) is 29.7 Å². The molecule has 4 nitrogen and oxygen atoms in total. The summed E-state index contributed by atoms with van der Waals surface area (Å²) in [7, 11) is 0. The van der Waals surface area contributed by atoms with E-state index in [-0.39, 0.29) is 6.10 Å². The molecular formula is C18H24ClN3O. The zero-order valence-corrected chi connectivity index (χ0v) is 14.6. The van der Waals surface area contributed by atoms with E-state index in [1.54, 1.807) is 0 Å². The van der Waals surface area contributed by atoms with Gasteiger partial charge in [-0.1, -0.05) is 36.7 Å². The summed E-state index contributed by atoms with van der Waals surface area (Å²) in [5.74, 6) is 1.07. The zero-order chi connectivity index (χ0) is 16.2. The molecule has 5 heteroatoms. The van der Waals surface area contributed by atoms with Gasteiger partial charge in [0.05, 0.1) is 18.4 Å². The van der Waals surface area contributed by atoms with Crippen molar-refractivity contribution >= 4 is 11.6 Å². The molecule has 1 aromatic carbocycles. The first-order valence-electron chi connectivity index (χ1n) is 8.27. The maximum atomic E-state index is 6.27. The summed E-state index contributed by atoms with van der Waals surface area (Å²) in [5, 5.41) is 0.823. The Balaban J connectivity index is 1.62. The van der Waals surface area contributed by atoms with E-state index in [0.29, 0.717) is 0 Å². The van der Waals surface area contributed by atoms with Crippen molar-refractivity contribution in [3.8, 4) is 0 Å². The molecule has 124 valence electrons. The molecule has 0 spiro atoms. The number of morpholine rings is 1. The number of nitrogens with zero attached hydrogens (tertiary/aromatic N) is 2. The fourth-order valence-electron chi connectivity index (χ4n) is 3.05. The van der Waals surface area contributed by atoms with Gasteiger partial charge in [-0.3, -0.25) is 4.90 Å². The Morgan fingerprint density at radius 3 is 2.96 bits per heavy atom. The number of nitrogens with one attached hydrogen (secondary N) is 1. The van der Waals surface area contributed by atoms with Crippen molar-refractivity contribution in [2.45, 2.75) is 39.3 Å². The van der Waals surface area contributed by atoms with Crippen LogP contribution in [0.3, 0.4) is 0 Å². The smallest absolute Gasteiger partial charge is 0.106 e. The lowest BCUT2D eigenvalue weighted by atomic mass is 10.1. The van der Waals surface area contributed by atoms with Gasteiger partial charge in [0.1, 0.15) is 5.82 Å². The molecule has 0 bridgehead atoms. The average Bonchev–Trinajstić information content (AvgIpc) is 2.90. The molecule has 1 N–H and O–H groups in total. The maximum absolute atomic E-state index is 6.27. The molecule has 1 aliphatic heterocycles. The number of rotatable bonds is 5. The fraction of sp³-hybridized carbons (Fsp3) is 0.500. The first kappa shape index (κ1) is 16.5. The Morgan fingerprint density at radius 2 is 2.22 bits per heavy atom. The van der Waals surface area contributed by atoms with Crippen LogP contribution in [0.4, 0.5) is 0 Å². The van der Waals surface area contributed by atoms with Gasteiger partial charge in [0.2, 0.25) is 0 Å². The molecule has 0 aliphatic carbocycles. The fourth-order valence-corrected chi connectivity index (χ4v) is 3.27. The number of aryl methyl sites for hydroxylation is 2. The van der Waals surface area contributed by atoms with Gasteiger partial charge < -0.3 is 9.72 Å². The van der Waals surface area contributed by atoms with E-state index in [0.717, 1.165) is 61.2 Å². The second kappa shape index (κ2) is 7.47. The second-order valence-electron chi connectivity index (χ2n) is 6.13. The Labute approximate surface area is 142 Å². The van der Waals surface area contributed by atoms with Crippen LogP contribution in [-0.4, -0.2) is 40.7 Å². The van der Waals surface area contributed by atoms with Crippen molar-refractivity contribution in [3.05, 3.63) is 52.1 Å². The Kier molecular flexibility index (Phi) is 5.36. The topological polar surface area (TPSA) is 41.2 Å². The molecule has 1 fully saturated rings. The second-order valence-corrected chi connectivity index (χ2v) is 6.54. The minimum absolute atomic E-state index is 0.188. The van der Waals surface area contributed by atoms with Crippen molar-refractivity contribution in [1.29, 1.82) is 0 Å². The summed E-state index contributed by atoms with van der Waals surface area (Å²) in [6, 6.07) is 8.01. The molecule has 0 amide bonds. The van der Waals surface area contributed by atoms with Gasteiger partial charge in [0.15, 0.2) is 0 Å². The lowest BCUT2D eigenvalue weighted by molar-refractivity contribution is -0.0308. The number of aromatic amines is 1. The van der Waals surface area contributed by atoms with E-state index < -0.39 is 0 Å². The van der Waals surface area contributed by atoms with Crippen molar-refractivity contribution in [2.24, 2.45) is 0 Å². The van der Waals surface area contributed by atoms with Crippen LogP contribution in [0, 0.1) is 6.92 Å². The molecule has 0 unspecified atom stereocenters. The summed E-state index contributed by atoms with van der Waals surface area (Å²) in [6.45, 7) is 7.73. The maximum Gasteiger partial charge on any atom is 0.106 e. The lowest BCUT2D eigenvalue weighted by Gasteiger charge is -2.32. The highest BCUT2D eigenvalue weighted by Crippen LogP contribution is 2.20. The molecular weight excluding hydrogens is 310 g/mol. The predicted molar refractivity (Wildman–Crippen MR) is 92.9 cm³/mol. The summed E-state index contributed by atoms with van der Waals surface area (Å²) in [4.78, 5) is 10.5.